The van der Waals surface area contributed by atoms with Crippen LogP contribution in [0.2, 0.25) is 0 Å². The van der Waals surface area contributed by atoms with Crippen molar-refractivity contribution in [1.29, 1.82) is 0 Å². The largest absolute Gasteiger partial charge is 0.313 e. The normalized spacial score (nSPS) is 12.4. The quantitative estimate of drug-likeness (QED) is 0.517. The van der Waals surface area contributed by atoms with Crippen LogP contribution >= 0.6 is 0 Å². The summed E-state index contributed by atoms with van der Waals surface area (Å²) in [5, 5.41) is 3.45. The summed E-state index contributed by atoms with van der Waals surface area (Å²) in [6, 6.07) is 7.26. The van der Waals surface area contributed by atoms with Gasteiger partial charge in [0.05, 0.1) is 0 Å². The second kappa shape index (κ2) is 8.10. The monoisotopic (exact) mass is 245 g/mol. The second-order valence-corrected chi connectivity index (χ2v) is 5.13. The SMILES string of the molecule is C=CCCCCCC(NC)c1ccc(C)cc1C. The van der Waals surface area contributed by atoms with E-state index in [4.69, 9.17) is 0 Å². The van der Waals surface area contributed by atoms with Gasteiger partial charge in [-0.05, 0) is 51.3 Å². The minimum Gasteiger partial charge on any atom is -0.313 e. The Morgan fingerprint density at radius 3 is 2.61 bits per heavy atom. The van der Waals surface area contributed by atoms with Crippen LogP contribution in [0, 0.1) is 13.8 Å². The number of hydrogen-bond acceptors (Lipinski definition) is 1. The first-order chi connectivity index (χ1) is 8.69. The molecule has 0 saturated carbocycles. The number of unbranched alkanes of at least 4 members (excludes halogenated alkanes) is 3. The van der Waals surface area contributed by atoms with E-state index in [1.165, 1.54) is 42.4 Å². The lowest BCUT2D eigenvalue weighted by Crippen LogP contribution is -2.17. The summed E-state index contributed by atoms with van der Waals surface area (Å²) in [4.78, 5) is 0. The Balaban J connectivity index is 2.52. The van der Waals surface area contributed by atoms with Crippen molar-refractivity contribution in [1.82, 2.24) is 5.32 Å². The number of allylic oxidation sites excluding steroid dienone is 1. The molecule has 0 aliphatic heterocycles. The number of hydrogen-bond donors (Lipinski definition) is 1. The van der Waals surface area contributed by atoms with E-state index in [-0.39, 0.29) is 0 Å². The van der Waals surface area contributed by atoms with Crippen LogP contribution in [0.5, 0.6) is 0 Å². The molecule has 0 spiro atoms. The highest BCUT2D eigenvalue weighted by atomic mass is 14.9. The summed E-state index contributed by atoms with van der Waals surface area (Å²) < 4.78 is 0. The molecule has 0 saturated heterocycles. The molecule has 0 aliphatic carbocycles. The van der Waals surface area contributed by atoms with E-state index in [9.17, 15) is 0 Å². The van der Waals surface area contributed by atoms with Gasteiger partial charge in [-0.1, -0.05) is 42.7 Å². The first kappa shape index (κ1) is 15.0. The molecular formula is C17H27N. The second-order valence-electron chi connectivity index (χ2n) is 5.13. The number of nitrogens with one attached hydrogen (secondary N) is 1. The molecule has 0 aliphatic rings. The van der Waals surface area contributed by atoms with Gasteiger partial charge in [-0.2, -0.15) is 0 Å². The lowest BCUT2D eigenvalue weighted by Gasteiger charge is -2.19. The Morgan fingerprint density at radius 2 is 2.00 bits per heavy atom. The molecule has 1 aromatic carbocycles. The van der Waals surface area contributed by atoms with Gasteiger partial charge in [0.2, 0.25) is 0 Å². The van der Waals surface area contributed by atoms with Crippen molar-refractivity contribution in [2.75, 3.05) is 7.05 Å². The van der Waals surface area contributed by atoms with Crippen LogP contribution in [0.25, 0.3) is 0 Å². The molecule has 0 heterocycles. The predicted octanol–water partition coefficient (Wildman–Crippen LogP) is 4.70. The molecule has 0 bridgehead atoms. The van der Waals surface area contributed by atoms with E-state index < -0.39 is 0 Å². The minimum atomic E-state index is 0.495. The maximum Gasteiger partial charge on any atom is 0.0320 e. The van der Waals surface area contributed by atoms with Gasteiger partial charge in [0.1, 0.15) is 0 Å². The summed E-state index contributed by atoms with van der Waals surface area (Å²) in [5.74, 6) is 0. The Bertz CT molecular complexity index is 368. The lowest BCUT2D eigenvalue weighted by atomic mass is 9.95. The number of benzene rings is 1. The highest BCUT2D eigenvalue weighted by Crippen LogP contribution is 2.23. The van der Waals surface area contributed by atoms with Crippen LogP contribution in [0.1, 0.15) is 54.8 Å². The maximum absolute atomic E-state index is 3.76. The van der Waals surface area contributed by atoms with Gasteiger partial charge < -0.3 is 5.32 Å². The molecule has 1 unspecified atom stereocenters. The van der Waals surface area contributed by atoms with Crippen molar-refractivity contribution in [2.24, 2.45) is 0 Å². The van der Waals surface area contributed by atoms with Gasteiger partial charge >= 0.3 is 0 Å². The molecule has 0 fully saturated rings. The Kier molecular flexibility index (Phi) is 6.74. The molecule has 1 nitrogen and oxygen atoms in total. The summed E-state index contributed by atoms with van der Waals surface area (Å²) in [7, 11) is 2.06. The molecule has 0 aromatic heterocycles. The Morgan fingerprint density at radius 1 is 1.22 bits per heavy atom. The molecule has 1 N–H and O–H groups in total. The zero-order chi connectivity index (χ0) is 13.4. The summed E-state index contributed by atoms with van der Waals surface area (Å²) in [6.07, 6.45) is 8.24. The van der Waals surface area contributed by atoms with E-state index in [2.05, 4.69) is 51.0 Å². The predicted molar refractivity (Wildman–Crippen MR) is 81.0 cm³/mol. The standard InChI is InChI=1S/C17H27N/c1-5-6-7-8-9-10-17(18-4)16-12-11-14(2)13-15(16)3/h5,11-13,17-18H,1,6-10H2,2-4H3. The minimum absolute atomic E-state index is 0.495. The third-order valence-electron chi connectivity index (χ3n) is 3.55. The van der Waals surface area contributed by atoms with E-state index in [1.54, 1.807) is 0 Å². The topological polar surface area (TPSA) is 12.0 Å². The van der Waals surface area contributed by atoms with E-state index in [0.29, 0.717) is 6.04 Å². The van der Waals surface area contributed by atoms with Gasteiger partial charge in [-0.15, -0.1) is 6.58 Å². The zero-order valence-corrected chi connectivity index (χ0v) is 12.1. The van der Waals surface area contributed by atoms with Crippen LogP contribution in [-0.4, -0.2) is 7.05 Å². The van der Waals surface area contributed by atoms with Crippen molar-refractivity contribution in [3.8, 4) is 0 Å². The number of aryl methyl sites for hydroxylation is 2. The van der Waals surface area contributed by atoms with Gasteiger partial charge in [-0.25, -0.2) is 0 Å². The highest BCUT2D eigenvalue weighted by molar-refractivity contribution is 5.32. The first-order valence-electron chi connectivity index (χ1n) is 7.04. The molecule has 0 radical (unpaired) electrons. The van der Waals surface area contributed by atoms with E-state index in [0.717, 1.165) is 6.42 Å². The fourth-order valence-corrected chi connectivity index (χ4v) is 2.49. The Labute approximate surface area is 112 Å². The molecule has 18 heavy (non-hydrogen) atoms. The summed E-state index contributed by atoms with van der Waals surface area (Å²) in [5.41, 5.74) is 4.20. The van der Waals surface area contributed by atoms with Gasteiger partial charge in [0.25, 0.3) is 0 Å². The summed E-state index contributed by atoms with van der Waals surface area (Å²) >= 11 is 0. The fourth-order valence-electron chi connectivity index (χ4n) is 2.49. The van der Waals surface area contributed by atoms with Crippen molar-refractivity contribution in [3.05, 3.63) is 47.5 Å². The fraction of sp³-hybridized carbons (Fsp3) is 0.529. The van der Waals surface area contributed by atoms with Gasteiger partial charge in [0, 0.05) is 6.04 Å². The highest BCUT2D eigenvalue weighted by Gasteiger charge is 2.11. The average Bonchev–Trinajstić information content (AvgIpc) is 2.35. The molecule has 0 amide bonds. The first-order valence-corrected chi connectivity index (χ1v) is 7.04. The molecular weight excluding hydrogens is 218 g/mol. The smallest absolute Gasteiger partial charge is 0.0320 e. The van der Waals surface area contributed by atoms with Crippen LogP contribution in [0.4, 0.5) is 0 Å². The third kappa shape index (κ3) is 4.66. The van der Waals surface area contributed by atoms with Crippen LogP contribution in [0.3, 0.4) is 0 Å². The summed E-state index contributed by atoms with van der Waals surface area (Å²) in [6.45, 7) is 8.13. The zero-order valence-electron chi connectivity index (χ0n) is 12.1. The van der Waals surface area contributed by atoms with Crippen LogP contribution in [0.15, 0.2) is 30.9 Å². The molecule has 1 heteroatoms. The number of rotatable bonds is 8. The maximum atomic E-state index is 3.76. The Hall–Kier alpha value is -1.08. The van der Waals surface area contributed by atoms with E-state index >= 15 is 0 Å². The average molecular weight is 245 g/mol. The molecule has 1 rings (SSSR count). The third-order valence-corrected chi connectivity index (χ3v) is 3.55. The molecule has 1 atom stereocenters. The van der Waals surface area contributed by atoms with Crippen molar-refractivity contribution < 1.29 is 0 Å². The molecule has 1 aromatic rings. The van der Waals surface area contributed by atoms with Crippen molar-refractivity contribution >= 4 is 0 Å². The van der Waals surface area contributed by atoms with Gasteiger partial charge in [0.15, 0.2) is 0 Å². The lowest BCUT2D eigenvalue weighted by molar-refractivity contribution is 0.506. The van der Waals surface area contributed by atoms with Gasteiger partial charge in [-0.3, -0.25) is 0 Å². The van der Waals surface area contributed by atoms with Crippen LogP contribution in [-0.2, 0) is 0 Å². The van der Waals surface area contributed by atoms with Crippen molar-refractivity contribution in [3.63, 3.8) is 0 Å². The van der Waals surface area contributed by atoms with Crippen molar-refractivity contribution in [2.45, 2.75) is 52.0 Å². The van der Waals surface area contributed by atoms with E-state index in [1.807, 2.05) is 6.08 Å². The molecule has 100 valence electrons. The van der Waals surface area contributed by atoms with Crippen LogP contribution < -0.4 is 5.32 Å².